The molecule has 0 unspecified atom stereocenters. The Morgan fingerprint density at radius 2 is 1.62 bits per heavy atom. The quantitative estimate of drug-likeness (QED) is 0.255. The zero-order valence-corrected chi connectivity index (χ0v) is 20.0. The zero-order chi connectivity index (χ0) is 25.8. The molecule has 0 aliphatic rings. The molecule has 1 amide bonds. The highest BCUT2D eigenvalue weighted by Gasteiger charge is 2.17. The fourth-order valence-electron chi connectivity index (χ4n) is 4.19. The van der Waals surface area contributed by atoms with Gasteiger partial charge in [0, 0.05) is 23.2 Å². The van der Waals surface area contributed by atoms with Gasteiger partial charge >= 0.3 is 0 Å². The molecular weight excluding hydrogens is 468 g/mol. The number of aromatic nitrogens is 2. The normalized spacial score (nSPS) is 11.2. The smallest absolute Gasteiger partial charge is 0.273 e. The Morgan fingerprint density at radius 1 is 0.946 bits per heavy atom. The Morgan fingerprint density at radius 3 is 2.35 bits per heavy atom. The van der Waals surface area contributed by atoms with Crippen molar-refractivity contribution in [2.24, 2.45) is 5.10 Å². The maximum absolute atomic E-state index is 13.3. The summed E-state index contributed by atoms with van der Waals surface area (Å²) in [6.07, 6.45) is 5.05. The van der Waals surface area contributed by atoms with E-state index in [1.807, 2.05) is 48.1 Å². The van der Waals surface area contributed by atoms with Crippen molar-refractivity contribution in [1.82, 2.24) is 14.6 Å². The number of benzene rings is 3. The Kier molecular flexibility index (Phi) is 6.54. The van der Waals surface area contributed by atoms with Gasteiger partial charge in [0.1, 0.15) is 5.75 Å². The van der Waals surface area contributed by atoms with Crippen molar-refractivity contribution < 1.29 is 14.6 Å². The first-order valence-corrected chi connectivity index (χ1v) is 11.7. The molecule has 0 atom stereocenters. The average molecular weight is 493 g/mol. The molecule has 5 aromatic rings. The van der Waals surface area contributed by atoms with Gasteiger partial charge in [-0.15, -0.1) is 0 Å². The minimum absolute atomic E-state index is 0.293. The summed E-state index contributed by atoms with van der Waals surface area (Å²) in [5, 5.41) is 16.2. The van der Waals surface area contributed by atoms with Crippen LogP contribution in [0.4, 0.5) is 0 Å². The summed E-state index contributed by atoms with van der Waals surface area (Å²) in [6, 6.07) is 24.7. The molecule has 5 rings (SSSR count). The number of carbonyl (C=O) groups excluding carboxylic acids is 1. The van der Waals surface area contributed by atoms with Gasteiger partial charge in [-0.2, -0.15) is 5.10 Å². The summed E-state index contributed by atoms with van der Waals surface area (Å²) < 4.78 is 8.53. The molecule has 0 saturated carbocycles. The largest absolute Gasteiger partial charge is 0.494 e. The molecule has 8 heteroatoms. The van der Waals surface area contributed by atoms with Crippen LogP contribution in [0.3, 0.4) is 0 Å². The Bertz CT molecular complexity index is 1650. The molecule has 184 valence electrons. The number of pyridine rings is 1. The van der Waals surface area contributed by atoms with Crippen LogP contribution in [0.25, 0.3) is 22.1 Å². The lowest BCUT2D eigenvalue weighted by atomic mass is 10.1. The first-order valence-electron chi connectivity index (χ1n) is 11.7. The van der Waals surface area contributed by atoms with Crippen molar-refractivity contribution in [2.75, 3.05) is 6.61 Å². The minimum Gasteiger partial charge on any atom is -0.494 e. The lowest BCUT2D eigenvalue weighted by Crippen LogP contribution is -2.21. The fraction of sp³-hybridized carbons (Fsp3) is 0.0690. The van der Waals surface area contributed by atoms with Crippen molar-refractivity contribution >= 4 is 22.9 Å². The highest BCUT2D eigenvalue weighted by Crippen LogP contribution is 2.26. The van der Waals surface area contributed by atoms with Crippen LogP contribution in [0.5, 0.6) is 11.6 Å². The van der Waals surface area contributed by atoms with Gasteiger partial charge < -0.3 is 14.4 Å². The summed E-state index contributed by atoms with van der Waals surface area (Å²) in [6.45, 7) is 2.40. The van der Waals surface area contributed by atoms with Gasteiger partial charge in [-0.05, 0) is 61.5 Å². The van der Waals surface area contributed by atoms with Crippen LogP contribution in [-0.2, 0) is 0 Å². The minimum atomic E-state index is -0.413. The van der Waals surface area contributed by atoms with E-state index in [0.29, 0.717) is 45.6 Å². The highest BCUT2D eigenvalue weighted by molar-refractivity contribution is 6.03. The molecule has 0 aliphatic carbocycles. The maximum Gasteiger partial charge on any atom is 0.273 e. The van der Waals surface area contributed by atoms with Gasteiger partial charge in [0.2, 0.25) is 5.88 Å². The number of ether oxygens (including phenoxy) is 1. The van der Waals surface area contributed by atoms with Gasteiger partial charge in [0.25, 0.3) is 11.5 Å². The molecule has 0 fully saturated rings. The monoisotopic (exact) mass is 492 g/mol. The number of amides is 1. The van der Waals surface area contributed by atoms with Crippen molar-refractivity contribution in [1.29, 1.82) is 0 Å². The Labute approximate surface area is 212 Å². The first-order chi connectivity index (χ1) is 18.1. The van der Waals surface area contributed by atoms with Gasteiger partial charge in [-0.3, -0.25) is 9.59 Å². The number of para-hydroxylation sites is 1. The molecular formula is C29H24N4O4. The van der Waals surface area contributed by atoms with E-state index < -0.39 is 5.91 Å². The topological polar surface area (TPSA) is 97.8 Å². The van der Waals surface area contributed by atoms with E-state index in [-0.39, 0.29) is 11.4 Å². The van der Waals surface area contributed by atoms with Crippen molar-refractivity contribution in [2.45, 2.75) is 6.92 Å². The number of fused-ring (bicyclic) bond motifs is 1. The van der Waals surface area contributed by atoms with Crippen molar-refractivity contribution in [3.8, 4) is 23.0 Å². The van der Waals surface area contributed by atoms with E-state index in [9.17, 15) is 14.7 Å². The van der Waals surface area contributed by atoms with Crippen LogP contribution in [0.2, 0.25) is 0 Å². The molecule has 2 N–H and O–H groups in total. The molecule has 0 radical (unpaired) electrons. The van der Waals surface area contributed by atoms with Crippen LogP contribution in [-0.4, -0.2) is 33.0 Å². The molecule has 37 heavy (non-hydrogen) atoms. The summed E-state index contributed by atoms with van der Waals surface area (Å²) in [5.41, 5.74) is 4.07. The number of hydrogen-bond acceptors (Lipinski definition) is 5. The summed E-state index contributed by atoms with van der Waals surface area (Å²) in [5.74, 6) is -0.0490. The van der Waals surface area contributed by atoms with Gasteiger partial charge in [0.15, 0.2) is 0 Å². The standard InChI is InChI=1S/C29H24N4O4/c1-2-37-21-15-13-20(14-16-21)33-28(35)23-10-4-3-9-22(23)25(29(33)36)19-30-31-27(34)24-11-5-6-12-26(24)32-17-7-8-18-32/h3-19,36H,2H2,1H3,(H,31,34)/b30-19-. The van der Waals surface area contributed by atoms with Gasteiger partial charge in [-0.1, -0.05) is 30.3 Å². The number of carbonyl (C=O) groups is 1. The van der Waals surface area contributed by atoms with E-state index >= 15 is 0 Å². The number of hydrazone groups is 1. The van der Waals surface area contributed by atoms with E-state index in [2.05, 4.69) is 10.5 Å². The maximum atomic E-state index is 13.3. The van der Waals surface area contributed by atoms with Crippen molar-refractivity contribution in [3.63, 3.8) is 0 Å². The SMILES string of the molecule is CCOc1ccc(-n2c(O)c(/C=N\NC(=O)c3ccccc3-n3cccc3)c3ccccc3c2=O)cc1. The second kappa shape index (κ2) is 10.2. The average Bonchev–Trinajstić information content (AvgIpc) is 3.47. The summed E-state index contributed by atoms with van der Waals surface area (Å²) >= 11 is 0. The van der Waals surface area contributed by atoms with Crippen molar-refractivity contribution in [3.05, 3.63) is 119 Å². The summed E-state index contributed by atoms with van der Waals surface area (Å²) in [7, 11) is 0. The molecule has 0 saturated heterocycles. The Balaban J connectivity index is 1.52. The molecule has 8 nitrogen and oxygen atoms in total. The summed E-state index contributed by atoms with van der Waals surface area (Å²) in [4.78, 5) is 26.2. The molecule has 2 heterocycles. The molecule has 3 aromatic carbocycles. The molecule has 0 aliphatic heterocycles. The number of nitrogens with one attached hydrogen (secondary N) is 1. The van der Waals surface area contributed by atoms with Gasteiger partial charge in [0.05, 0.1) is 35.3 Å². The Hall–Kier alpha value is -5.11. The van der Waals surface area contributed by atoms with E-state index in [1.54, 1.807) is 60.7 Å². The van der Waals surface area contributed by atoms with E-state index in [4.69, 9.17) is 4.74 Å². The number of rotatable bonds is 7. The second-order valence-corrected chi connectivity index (χ2v) is 8.16. The van der Waals surface area contributed by atoms with Crippen LogP contribution in [0.1, 0.15) is 22.8 Å². The number of aromatic hydroxyl groups is 1. The predicted octanol–water partition coefficient (Wildman–Crippen LogP) is 4.65. The van der Waals surface area contributed by atoms with Crippen LogP contribution in [0.15, 0.2) is 107 Å². The highest BCUT2D eigenvalue weighted by atomic mass is 16.5. The zero-order valence-electron chi connectivity index (χ0n) is 20.0. The van der Waals surface area contributed by atoms with E-state index in [0.717, 1.165) is 0 Å². The number of hydrogen-bond donors (Lipinski definition) is 2. The lowest BCUT2D eigenvalue weighted by molar-refractivity contribution is 0.0955. The van der Waals surface area contributed by atoms with Crippen LogP contribution < -0.4 is 15.7 Å². The predicted molar refractivity (Wildman–Crippen MR) is 143 cm³/mol. The third-order valence-corrected chi connectivity index (χ3v) is 5.90. The third kappa shape index (κ3) is 4.60. The fourth-order valence-corrected chi connectivity index (χ4v) is 4.19. The van der Waals surface area contributed by atoms with Crippen LogP contribution in [0, 0.1) is 0 Å². The van der Waals surface area contributed by atoms with Crippen LogP contribution >= 0.6 is 0 Å². The molecule has 0 bridgehead atoms. The molecule has 0 spiro atoms. The molecule has 2 aromatic heterocycles. The van der Waals surface area contributed by atoms with Gasteiger partial charge in [-0.25, -0.2) is 9.99 Å². The third-order valence-electron chi connectivity index (χ3n) is 5.90. The number of nitrogens with zero attached hydrogens (tertiary/aromatic N) is 3. The van der Waals surface area contributed by atoms with E-state index in [1.165, 1.54) is 10.8 Å². The second-order valence-electron chi connectivity index (χ2n) is 8.16. The first kappa shape index (κ1) is 23.6. The lowest BCUT2D eigenvalue weighted by Gasteiger charge is -2.14.